The van der Waals surface area contributed by atoms with Gasteiger partial charge in [-0.2, -0.15) is 18.3 Å². The highest BCUT2D eigenvalue weighted by molar-refractivity contribution is 7.80. The van der Waals surface area contributed by atoms with Crippen LogP contribution in [-0.2, 0) is 0 Å². The Labute approximate surface area is 212 Å². The summed E-state index contributed by atoms with van der Waals surface area (Å²) in [6, 6.07) is 13.9. The molecule has 3 aromatic rings. The minimum Gasteiger partial charge on any atom is -0.363 e. The van der Waals surface area contributed by atoms with Gasteiger partial charge in [-0.15, -0.1) is 0 Å². The van der Waals surface area contributed by atoms with E-state index in [4.69, 9.17) is 12.2 Å². The second-order valence-corrected chi connectivity index (χ2v) is 9.29. The second kappa shape index (κ2) is 10.2. The Morgan fingerprint density at radius 3 is 2.50 bits per heavy atom. The molecule has 2 aromatic carbocycles. The van der Waals surface area contributed by atoms with Gasteiger partial charge in [-0.1, -0.05) is 48.5 Å². The van der Waals surface area contributed by atoms with Crippen LogP contribution >= 0.6 is 12.2 Å². The summed E-state index contributed by atoms with van der Waals surface area (Å²) >= 11 is 5.22. The second-order valence-electron chi connectivity index (χ2n) is 8.88. The Kier molecular flexibility index (Phi) is 7.21. The third-order valence-electron chi connectivity index (χ3n) is 6.29. The summed E-state index contributed by atoms with van der Waals surface area (Å²) < 4.78 is 42.7. The maximum atomic E-state index is 14.0. The van der Waals surface area contributed by atoms with Crippen molar-refractivity contribution in [1.29, 1.82) is 0 Å². The number of benzene rings is 2. The van der Waals surface area contributed by atoms with Gasteiger partial charge in [-0.3, -0.25) is 15.6 Å². The van der Waals surface area contributed by atoms with Crippen molar-refractivity contribution in [3.8, 4) is 0 Å². The molecule has 0 fully saturated rings. The Morgan fingerprint density at radius 1 is 1.11 bits per heavy atom. The first-order chi connectivity index (χ1) is 17.0. The summed E-state index contributed by atoms with van der Waals surface area (Å²) in [5.74, 6) is -0.589. The van der Waals surface area contributed by atoms with Crippen LogP contribution in [0.3, 0.4) is 0 Å². The molecule has 0 saturated carbocycles. The predicted octanol–water partition coefficient (Wildman–Crippen LogP) is 5.03. The van der Waals surface area contributed by atoms with E-state index in [-0.39, 0.29) is 29.1 Å². The molecule has 0 aliphatic carbocycles. The van der Waals surface area contributed by atoms with Gasteiger partial charge in [-0.05, 0) is 55.2 Å². The summed E-state index contributed by atoms with van der Waals surface area (Å²) in [6.45, 7) is 5.77. The van der Waals surface area contributed by atoms with Crippen molar-refractivity contribution < 1.29 is 18.0 Å². The van der Waals surface area contributed by atoms with E-state index >= 15 is 0 Å². The number of alkyl halides is 3. The van der Waals surface area contributed by atoms with Crippen LogP contribution in [0.5, 0.6) is 0 Å². The smallest absolute Gasteiger partial charge is 0.363 e. The average Bonchev–Trinajstić information content (AvgIpc) is 3.28. The van der Waals surface area contributed by atoms with E-state index in [9.17, 15) is 18.0 Å². The molecular weight excluding hydrogens is 489 g/mol. The van der Waals surface area contributed by atoms with Gasteiger partial charge >= 0.3 is 6.18 Å². The van der Waals surface area contributed by atoms with Gasteiger partial charge in [0.1, 0.15) is 5.82 Å². The van der Waals surface area contributed by atoms with Crippen LogP contribution in [0.1, 0.15) is 64.2 Å². The largest absolute Gasteiger partial charge is 0.410 e. The van der Waals surface area contributed by atoms with Crippen molar-refractivity contribution in [2.45, 2.75) is 51.5 Å². The third kappa shape index (κ3) is 5.62. The molecule has 0 spiro atoms. The monoisotopic (exact) mass is 516 g/mol. The van der Waals surface area contributed by atoms with Crippen LogP contribution in [-0.4, -0.2) is 27.0 Å². The van der Waals surface area contributed by atoms with Crippen LogP contribution in [0.15, 0.2) is 54.6 Å². The molecule has 4 rings (SSSR count). The topological polar surface area (TPSA) is 83.0 Å². The fourth-order valence-electron chi connectivity index (χ4n) is 4.12. The summed E-state index contributed by atoms with van der Waals surface area (Å²) in [5.41, 5.74) is 8.61. The van der Waals surface area contributed by atoms with Crippen molar-refractivity contribution in [3.63, 3.8) is 0 Å². The van der Waals surface area contributed by atoms with Gasteiger partial charge in [0.25, 0.3) is 5.91 Å². The molecule has 4 N–H and O–H groups in total. The first kappa shape index (κ1) is 25.5. The van der Waals surface area contributed by atoms with E-state index in [2.05, 4.69) is 26.6 Å². The number of hydrogen-bond donors (Lipinski definition) is 4. The highest BCUT2D eigenvalue weighted by atomic mass is 32.1. The maximum Gasteiger partial charge on any atom is 0.410 e. The number of hydrogen-bond acceptors (Lipinski definition) is 4. The van der Waals surface area contributed by atoms with Crippen molar-refractivity contribution in [2.75, 3.05) is 5.32 Å². The summed E-state index contributed by atoms with van der Waals surface area (Å²) in [4.78, 5) is 12.7. The fourth-order valence-corrected chi connectivity index (χ4v) is 4.35. The minimum atomic E-state index is -4.54. The number of halogens is 3. The summed E-state index contributed by atoms with van der Waals surface area (Å²) in [7, 11) is 0. The van der Waals surface area contributed by atoms with Gasteiger partial charge in [-0.25, -0.2) is 4.68 Å². The molecule has 190 valence electrons. The molecule has 36 heavy (non-hydrogen) atoms. The van der Waals surface area contributed by atoms with Crippen LogP contribution in [0, 0.1) is 13.8 Å². The van der Waals surface area contributed by atoms with Crippen molar-refractivity contribution in [1.82, 2.24) is 25.9 Å². The van der Waals surface area contributed by atoms with Gasteiger partial charge in [0.05, 0.1) is 12.1 Å². The highest BCUT2D eigenvalue weighted by Crippen LogP contribution is 2.43. The Morgan fingerprint density at radius 2 is 1.83 bits per heavy atom. The van der Waals surface area contributed by atoms with E-state index in [1.807, 2.05) is 69.3 Å². The van der Waals surface area contributed by atoms with Gasteiger partial charge in [0.15, 0.2) is 16.8 Å². The quantitative estimate of drug-likeness (QED) is 0.288. The first-order valence-corrected chi connectivity index (χ1v) is 11.9. The number of rotatable bonds is 4. The van der Waals surface area contributed by atoms with Crippen LogP contribution in [0.4, 0.5) is 19.0 Å². The summed E-state index contributed by atoms with van der Waals surface area (Å²) in [6.07, 6.45) is -4.78. The lowest BCUT2D eigenvalue weighted by Gasteiger charge is -2.33. The van der Waals surface area contributed by atoms with Crippen molar-refractivity contribution >= 4 is 29.1 Å². The fraction of sp³-hybridized carbons (Fsp3) is 0.320. The molecule has 1 amide bonds. The van der Waals surface area contributed by atoms with E-state index in [1.54, 1.807) is 0 Å². The van der Waals surface area contributed by atoms with Crippen molar-refractivity contribution in [3.05, 3.63) is 82.5 Å². The zero-order valence-corrected chi connectivity index (χ0v) is 20.8. The van der Waals surface area contributed by atoms with E-state index < -0.39 is 24.2 Å². The standard InChI is InChI=1S/C25H27F3N6OS/c1-14-9-10-18(11-15(14)2)19-12-21(25(26,27)28)34-22(30-19)13-20(33-34)23(35)31-32-24(36)29-16(3)17-7-5-4-6-8-17/h4-11,13,16,19,21,30H,12H2,1-3H3,(H,31,35)(H2,29,32,36). The van der Waals surface area contributed by atoms with Crippen molar-refractivity contribution in [2.24, 2.45) is 0 Å². The minimum absolute atomic E-state index is 0.121. The number of aromatic nitrogens is 2. The number of carbonyl (C=O) groups is 1. The molecule has 3 unspecified atom stereocenters. The molecule has 0 radical (unpaired) electrons. The van der Waals surface area contributed by atoms with Gasteiger partial charge < -0.3 is 10.6 Å². The number of aryl methyl sites for hydroxylation is 2. The molecule has 0 bridgehead atoms. The Balaban J connectivity index is 1.46. The molecule has 7 nitrogen and oxygen atoms in total. The number of hydrazine groups is 1. The molecule has 11 heteroatoms. The van der Waals surface area contributed by atoms with Gasteiger partial charge in [0.2, 0.25) is 0 Å². The van der Waals surface area contributed by atoms with E-state index in [0.29, 0.717) is 0 Å². The average molecular weight is 517 g/mol. The number of nitrogens with zero attached hydrogens (tertiary/aromatic N) is 2. The SMILES string of the molecule is Cc1ccc(C2CC(C(F)(F)F)n3nc(C(=O)NNC(=S)NC(C)c4ccccc4)cc3N2)cc1C. The van der Waals surface area contributed by atoms with Crippen LogP contribution in [0.25, 0.3) is 0 Å². The number of thiocarbonyl (C=S) groups is 1. The first-order valence-electron chi connectivity index (χ1n) is 11.4. The molecule has 2 heterocycles. The lowest BCUT2D eigenvalue weighted by molar-refractivity contribution is -0.173. The predicted molar refractivity (Wildman–Crippen MR) is 135 cm³/mol. The highest BCUT2D eigenvalue weighted by Gasteiger charge is 2.46. The zero-order chi connectivity index (χ0) is 26.0. The number of nitrogens with one attached hydrogen (secondary N) is 4. The molecule has 0 saturated heterocycles. The lowest BCUT2D eigenvalue weighted by atomic mass is 9.94. The molecule has 1 aliphatic heterocycles. The Bertz CT molecular complexity index is 1260. The number of anilines is 1. The number of fused-ring (bicyclic) bond motifs is 1. The maximum absolute atomic E-state index is 14.0. The van der Waals surface area contributed by atoms with E-state index in [1.165, 1.54) is 6.07 Å². The molecular formula is C25H27F3N6OS. The summed E-state index contributed by atoms with van der Waals surface area (Å²) in [5, 5.41) is 10.3. The van der Waals surface area contributed by atoms with Gasteiger partial charge in [0, 0.05) is 12.5 Å². The van der Waals surface area contributed by atoms with Crippen LogP contribution in [0.2, 0.25) is 0 Å². The zero-order valence-electron chi connectivity index (χ0n) is 20.0. The molecule has 1 aromatic heterocycles. The lowest BCUT2D eigenvalue weighted by Crippen LogP contribution is -2.47. The van der Waals surface area contributed by atoms with Crippen LogP contribution < -0.4 is 21.5 Å². The number of carbonyl (C=O) groups excluding carboxylic acids is 1. The molecule has 3 atom stereocenters. The normalized spacial score (nSPS) is 17.9. The Hall–Kier alpha value is -3.60. The third-order valence-corrected chi connectivity index (χ3v) is 6.51. The molecule has 1 aliphatic rings. The number of amides is 1. The van der Waals surface area contributed by atoms with E-state index in [0.717, 1.165) is 26.9 Å².